The van der Waals surface area contributed by atoms with Gasteiger partial charge in [-0.25, -0.2) is 12.8 Å². The summed E-state index contributed by atoms with van der Waals surface area (Å²) >= 11 is 0. The fourth-order valence-corrected chi connectivity index (χ4v) is 3.37. The maximum Gasteiger partial charge on any atom is 0.261 e. The lowest BCUT2D eigenvalue weighted by Gasteiger charge is -2.10. The van der Waals surface area contributed by atoms with Crippen LogP contribution in [-0.4, -0.2) is 19.3 Å². The highest BCUT2D eigenvalue weighted by atomic mass is 32.2. The van der Waals surface area contributed by atoms with Gasteiger partial charge in [0.2, 0.25) is 0 Å². The van der Waals surface area contributed by atoms with Gasteiger partial charge in [-0.15, -0.1) is 0 Å². The predicted molar refractivity (Wildman–Crippen MR) is 101 cm³/mol. The average molecular weight is 385 g/mol. The smallest absolute Gasteiger partial charge is 0.261 e. The van der Waals surface area contributed by atoms with Gasteiger partial charge in [-0.05, 0) is 67.1 Å². The van der Waals surface area contributed by atoms with Crippen LogP contribution in [0.4, 0.5) is 15.8 Å². The van der Waals surface area contributed by atoms with Gasteiger partial charge < -0.3 is 5.32 Å². The van der Waals surface area contributed by atoms with Crippen LogP contribution in [0.1, 0.15) is 15.9 Å². The van der Waals surface area contributed by atoms with Crippen LogP contribution in [0.25, 0.3) is 0 Å². The molecule has 8 heteroatoms. The Balaban J connectivity index is 1.72. The number of carbonyl (C=O) groups is 1. The van der Waals surface area contributed by atoms with Crippen molar-refractivity contribution in [3.05, 3.63) is 83.9 Å². The lowest BCUT2D eigenvalue weighted by Crippen LogP contribution is -2.14. The number of rotatable bonds is 5. The summed E-state index contributed by atoms with van der Waals surface area (Å²) in [6.07, 6.45) is 3.19. The van der Waals surface area contributed by atoms with Gasteiger partial charge in [0.15, 0.2) is 0 Å². The van der Waals surface area contributed by atoms with E-state index in [1.807, 2.05) is 6.92 Å². The first-order valence-corrected chi connectivity index (χ1v) is 9.44. The molecule has 0 atom stereocenters. The number of amides is 1. The van der Waals surface area contributed by atoms with Crippen LogP contribution in [0.5, 0.6) is 0 Å². The number of aromatic nitrogens is 1. The van der Waals surface area contributed by atoms with Crippen LogP contribution < -0.4 is 10.0 Å². The van der Waals surface area contributed by atoms with E-state index in [4.69, 9.17) is 0 Å². The standard InChI is InChI=1S/C19H16FN3O3S/c1-13-10-11-21-12-18(13)22-19(24)14-2-6-16(7-3-14)23-27(25,26)17-8-4-15(20)5-9-17/h2-12,23H,1H3,(H,22,24). The number of hydrogen-bond donors (Lipinski definition) is 2. The van der Waals surface area contributed by atoms with Crippen LogP contribution in [0.2, 0.25) is 0 Å². The van der Waals surface area contributed by atoms with Gasteiger partial charge in [0.05, 0.1) is 16.8 Å². The summed E-state index contributed by atoms with van der Waals surface area (Å²) in [6, 6.07) is 12.2. The van der Waals surface area contributed by atoms with E-state index >= 15 is 0 Å². The largest absolute Gasteiger partial charge is 0.320 e. The van der Waals surface area contributed by atoms with Crippen LogP contribution in [0, 0.1) is 12.7 Å². The number of halogens is 1. The number of sulfonamides is 1. The molecule has 6 nitrogen and oxygen atoms in total. The van der Waals surface area contributed by atoms with Crippen molar-refractivity contribution in [1.29, 1.82) is 0 Å². The Morgan fingerprint density at radius 1 is 1.00 bits per heavy atom. The molecule has 1 heterocycles. The van der Waals surface area contributed by atoms with Gasteiger partial charge in [0.1, 0.15) is 5.82 Å². The maximum absolute atomic E-state index is 12.9. The molecule has 0 aliphatic heterocycles. The number of aryl methyl sites for hydroxylation is 1. The molecule has 0 aliphatic rings. The van der Waals surface area contributed by atoms with Crippen molar-refractivity contribution in [2.45, 2.75) is 11.8 Å². The van der Waals surface area contributed by atoms with Crippen molar-refractivity contribution in [1.82, 2.24) is 4.98 Å². The van der Waals surface area contributed by atoms with Crippen LogP contribution >= 0.6 is 0 Å². The Labute approximate surface area is 156 Å². The van der Waals surface area contributed by atoms with E-state index in [-0.39, 0.29) is 16.5 Å². The van der Waals surface area contributed by atoms with Gasteiger partial charge in [-0.3, -0.25) is 14.5 Å². The van der Waals surface area contributed by atoms with Crippen LogP contribution in [0.15, 0.2) is 71.9 Å². The van der Waals surface area contributed by atoms with E-state index in [1.165, 1.54) is 36.4 Å². The molecule has 0 saturated carbocycles. The summed E-state index contributed by atoms with van der Waals surface area (Å²) < 4.78 is 39.9. The van der Waals surface area contributed by atoms with E-state index in [1.54, 1.807) is 18.5 Å². The second-order valence-corrected chi connectivity index (χ2v) is 7.46. The van der Waals surface area contributed by atoms with Crippen LogP contribution in [0.3, 0.4) is 0 Å². The fourth-order valence-electron chi connectivity index (χ4n) is 2.31. The number of benzene rings is 2. The zero-order chi connectivity index (χ0) is 19.4. The molecule has 27 heavy (non-hydrogen) atoms. The van der Waals surface area contributed by atoms with Gasteiger partial charge in [0.25, 0.3) is 15.9 Å². The minimum Gasteiger partial charge on any atom is -0.320 e. The second-order valence-electron chi connectivity index (χ2n) is 5.78. The van der Waals surface area contributed by atoms with E-state index < -0.39 is 15.8 Å². The summed E-state index contributed by atoms with van der Waals surface area (Å²) in [4.78, 5) is 16.2. The quantitative estimate of drug-likeness (QED) is 0.703. The summed E-state index contributed by atoms with van der Waals surface area (Å²) in [6.45, 7) is 1.85. The minimum atomic E-state index is -3.84. The monoisotopic (exact) mass is 385 g/mol. The minimum absolute atomic E-state index is 0.0576. The Hall–Kier alpha value is -3.26. The number of pyridine rings is 1. The lowest BCUT2D eigenvalue weighted by molar-refractivity contribution is 0.102. The van der Waals surface area contributed by atoms with Crippen molar-refractivity contribution < 1.29 is 17.6 Å². The molecule has 3 aromatic rings. The number of hydrogen-bond acceptors (Lipinski definition) is 4. The average Bonchev–Trinajstić information content (AvgIpc) is 2.64. The predicted octanol–water partition coefficient (Wildman–Crippen LogP) is 3.58. The molecule has 0 aliphatic carbocycles. The second kappa shape index (κ2) is 7.55. The van der Waals surface area contributed by atoms with Crippen molar-refractivity contribution in [3.63, 3.8) is 0 Å². The Bertz CT molecular complexity index is 1070. The topological polar surface area (TPSA) is 88.2 Å². The SMILES string of the molecule is Cc1ccncc1NC(=O)c1ccc(NS(=O)(=O)c2ccc(F)cc2)cc1. The highest BCUT2D eigenvalue weighted by Gasteiger charge is 2.15. The maximum atomic E-state index is 12.9. The van der Waals surface area contributed by atoms with E-state index in [9.17, 15) is 17.6 Å². The molecule has 0 bridgehead atoms. The van der Waals surface area contributed by atoms with Crippen molar-refractivity contribution in [3.8, 4) is 0 Å². The molecule has 3 rings (SSSR count). The number of anilines is 2. The summed E-state index contributed by atoms with van der Waals surface area (Å²) in [7, 11) is -3.84. The molecule has 0 unspecified atom stereocenters. The Morgan fingerprint density at radius 2 is 1.67 bits per heavy atom. The van der Waals surface area contributed by atoms with Gasteiger partial charge in [0, 0.05) is 17.4 Å². The summed E-state index contributed by atoms with van der Waals surface area (Å²) in [5.74, 6) is -0.854. The molecule has 1 amide bonds. The third kappa shape index (κ3) is 4.48. The third-order valence-electron chi connectivity index (χ3n) is 3.81. The number of nitrogens with one attached hydrogen (secondary N) is 2. The highest BCUT2D eigenvalue weighted by molar-refractivity contribution is 7.92. The lowest BCUT2D eigenvalue weighted by atomic mass is 10.2. The van der Waals surface area contributed by atoms with E-state index in [0.717, 1.165) is 17.7 Å². The normalized spacial score (nSPS) is 11.0. The molecule has 0 spiro atoms. The number of carbonyl (C=O) groups excluding carboxylic acids is 1. The Kier molecular flexibility index (Phi) is 5.18. The molecule has 1 aromatic heterocycles. The van der Waals surface area contributed by atoms with E-state index in [0.29, 0.717) is 11.3 Å². The first-order valence-electron chi connectivity index (χ1n) is 7.95. The first-order chi connectivity index (χ1) is 12.8. The van der Waals surface area contributed by atoms with Gasteiger partial charge in [-0.2, -0.15) is 0 Å². The molecule has 0 fully saturated rings. The van der Waals surface area contributed by atoms with E-state index in [2.05, 4.69) is 15.0 Å². The molecule has 0 saturated heterocycles. The molecule has 138 valence electrons. The molecule has 0 radical (unpaired) electrons. The zero-order valence-electron chi connectivity index (χ0n) is 14.3. The van der Waals surface area contributed by atoms with Crippen LogP contribution in [-0.2, 0) is 10.0 Å². The summed E-state index contributed by atoms with van der Waals surface area (Å²) in [5, 5.41) is 2.75. The van der Waals surface area contributed by atoms with Gasteiger partial charge in [-0.1, -0.05) is 0 Å². The van der Waals surface area contributed by atoms with Crippen molar-refractivity contribution in [2.24, 2.45) is 0 Å². The molecular weight excluding hydrogens is 369 g/mol. The summed E-state index contributed by atoms with van der Waals surface area (Å²) in [5.41, 5.74) is 2.13. The van der Waals surface area contributed by atoms with Gasteiger partial charge >= 0.3 is 0 Å². The molecular formula is C19H16FN3O3S. The highest BCUT2D eigenvalue weighted by Crippen LogP contribution is 2.18. The third-order valence-corrected chi connectivity index (χ3v) is 5.21. The molecule has 2 N–H and O–H groups in total. The fraction of sp³-hybridized carbons (Fsp3) is 0.0526. The first kappa shape index (κ1) is 18.5. The molecule has 2 aromatic carbocycles. The van der Waals surface area contributed by atoms with Crippen molar-refractivity contribution in [2.75, 3.05) is 10.0 Å². The zero-order valence-corrected chi connectivity index (χ0v) is 15.1. The Morgan fingerprint density at radius 3 is 2.30 bits per heavy atom. The van der Waals surface area contributed by atoms with Crippen molar-refractivity contribution >= 4 is 27.3 Å². The number of nitrogens with zero attached hydrogens (tertiary/aromatic N) is 1.